The summed E-state index contributed by atoms with van der Waals surface area (Å²) in [5.74, 6) is 0.272. The van der Waals surface area contributed by atoms with Gasteiger partial charge in [-0.1, -0.05) is 12.1 Å². The Kier molecular flexibility index (Phi) is 4.66. The molecule has 1 aliphatic heterocycles. The minimum Gasteiger partial charge on any atom is -0.508 e. The van der Waals surface area contributed by atoms with Crippen molar-refractivity contribution in [1.82, 2.24) is 10.2 Å². The number of piperidine rings is 1. The molecule has 104 valence electrons. The number of carbonyl (C=O) groups excluding carboxylic acids is 1. The predicted octanol–water partition coefficient (Wildman–Crippen LogP) is 2.52. The molecule has 1 fully saturated rings. The van der Waals surface area contributed by atoms with Crippen LogP contribution in [0.25, 0.3) is 0 Å². The van der Waals surface area contributed by atoms with Crippen molar-refractivity contribution in [1.29, 1.82) is 0 Å². The van der Waals surface area contributed by atoms with Gasteiger partial charge in [0.25, 0.3) is 0 Å². The van der Waals surface area contributed by atoms with Crippen LogP contribution < -0.4 is 5.32 Å². The van der Waals surface area contributed by atoms with E-state index in [9.17, 15) is 9.90 Å². The molecule has 0 saturated carbocycles. The van der Waals surface area contributed by atoms with Crippen LogP contribution in [0.3, 0.4) is 0 Å². The lowest BCUT2D eigenvalue weighted by molar-refractivity contribution is 0.158. The Bertz CT molecular complexity index is 434. The quantitative estimate of drug-likeness (QED) is 0.879. The number of hydrogen-bond acceptors (Lipinski definition) is 2. The second-order valence-corrected chi connectivity index (χ2v) is 5.19. The number of nitrogens with zero attached hydrogens (tertiary/aromatic N) is 1. The number of rotatable bonds is 3. The first kappa shape index (κ1) is 13.7. The standard InChI is InChI=1S/C15H22N2O2/c1-12-5-2-3-10-17(12)15(19)16-9-8-13-6-4-7-14(18)11-13/h4,6-7,11-12,18H,2-3,5,8-10H2,1H3,(H,16,19)/t12-/m1/s1. The van der Waals surface area contributed by atoms with Crippen LogP contribution in [0.1, 0.15) is 31.7 Å². The van der Waals surface area contributed by atoms with Gasteiger partial charge >= 0.3 is 6.03 Å². The van der Waals surface area contributed by atoms with E-state index in [1.807, 2.05) is 17.0 Å². The van der Waals surface area contributed by atoms with Crippen molar-refractivity contribution in [3.8, 4) is 5.75 Å². The van der Waals surface area contributed by atoms with Crippen LogP contribution in [0.5, 0.6) is 5.75 Å². The molecule has 4 nitrogen and oxygen atoms in total. The SMILES string of the molecule is C[C@@H]1CCCCN1C(=O)NCCc1cccc(O)c1. The molecule has 2 N–H and O–H groups in total. The molecule has 1 saturated heterocycles. The first-order chi connectivity index (χ1) is 9.16. The van der Waals surface area contributed by atoms with Crippen molar-refractivity contribution in [2.45, 2.75) is 38.6 Å². The Labute approximate surface area is 114 Å². The van der Waals surface area contributed by atoms with E-state index in [0.717, 1.165) is 31.4 Å². The lowest BCUT2D eigenvalue weighted by Gasteiger charge is -2.33. The number of benzene rings is 1. The number of phenols is 1. The van der Waals surface area contributed by atoms with Gasteiger partial charge < -0.3 is 15.3 Å². The van der Waals surface area contributed by atoms with Crippen molar-refractivity contribution in [3.05, 3.63) is 29.8 Å². The van der Waals surface area contributed by atoms with E-state index in [4.69, 9.17) is 0 Å². The third kappa shape index (κ3) is 3.88. The number of likely N-dealkylation sites (tertiary alicyclic amines) is 1. The molecule has 0 radical (unpaired) electrons. The minimum absolute atomic E-state index is 0.0346. The van der Waals surface area contributed by atoms with E-state index in [2.05, 4.69) is 12.2 Å². The van der Waals surface area contributed by atoms with Gasteiger partial charge in [-0.15, -0.1) is 0 Å². The van der Waals surface area contributed by atoms with Gasteiger partial charge in [0.2, 0.25) is 0 Å². The van der Waals surface area contributed by atoms with Crippen LogP contribution in [0.2, 0.25) is 0 Å². The Morgan fingerprint density at radius 1 is 1.47 bits per heavy atom. The molecule has 0 aromatic heterocycles. The fourth-order valence-electron chi connectivity index (χ4n) is 2.53. The summed E-state index contributed by atoms with van der Waals surface area (Å²) in [6, 6.07) is 7.53. The summed E-state index contributed by atoms with van der Waals surface area (Å²) in [7, 11) is 0. The van der Waals surface area contributed by atoms with Crippen molar-refractivity contribution in [2.24, 2.45) is 0 Å². The van der Waals surface area contributed by atoms with Gasteiger partial charge in [-0.3, -0.25) is 0 Å². The summed E-state index contributed by atoms with van der Waals surface area (Å²) in [6.45, 7) is 3.57. The number of hydrogen-bond donors (Lipinski definition) is 2. The fourth-order valence-corrected chi connectivity index (χ4v) is 2.53. The van der Waals surface area contributed by atoms with E-state index < -0.39 is 0 Å². The number of urea groups is 1. The average Bonchev–Trinajstić information content (AvgIpc) is 2.39. The van der Waals surface area contributed by atoms with Crippen LogP contribution in [-0.4, -0.2) is 35.2 Å². The highest BCUT2D eigenvalue weighted by Gasteiger charge is 2.22. The van der Waals surface area contributed by atoms with Crippen molar-refractivity contribution >= 4 is 6.03 Å². The summed E-state index contributed by atoms with van der Waals surface area (Å²) < 4.78 is 0. The molecule has 2 rings (SSSR count). The first-order valence-corrected chi connectivity index (χ1v) is 6.99. The molecule has 0 bridgehead atoms. The summed E-state index contributed by atoms with van der Waals surface area (Å²) >= 11 is 0. The molecule has 0 spiro atoms. The first-order valence-electron chi connectivity index (χ1n) is 6.99. The molecule has 1 aromatic carbocycles. The zero-order valence-electron chi connectivity index (χ0n) is 11.4. The molecule has 1 atom stereocenters. The number of carbonyl (C=O) groups is 1. The molecule has 19 heavy (non-hydrogen) atoms. The van der Waals surface area contributed by atoms with Crippen molar-refractivity contribution < 1.29 is 9.90 Å². The third-order valence-corrected chi connectivity index (χ3v) is 3.66. The Balaban J connectivity index is 1.77. The molecule has 1 aromatic rings. The van der Waals surface area contributed by atoms with E-state index in [0.29, 0.717) is 12.6 Å². The van der Waals surface area contributed by atoms with Crippen LogP contribution in [-0.2, 0) is 6.42 Å². The molecule has 2 amide bonds. The second-order valence-electron chi connectivity index (χ2n) is 5.19. The zero-order valence-corrected chi connectivity index (χ0v) is 11.4. The second kappa shape index (κ2) is 6.45. The molecule has 0 aliphatic carbocycles. The van der Waals surface area contributed by atoms with Crippen LogP contribution in [0.4, 0.5) is 4.79 Å². The predicted molar refractivity (Wildman–Crippen MR) is 75.2 cm³/mol. The summed E-state index contributed by atoms with van der Waals surface area (Å²) in [6.07, 6.45) is 4.15. The molecular formula is C15H22N2O2. The highest BCUT2D eigenvalue weighted by atomic mass is 16.3. The van der Waals surface area contributed by atoms with E-state index in [-0.39, 0.29) is 11.8 Å². The van der Waals surface area contributed by atoms with E-state index in [1.165, 1.54) is 6.42 Å². The van der Waals surface area contributed by atoms with Crippen LogP contribution in [0.15, 0.2) is 24.3 Å². The Morgan fingerprint density at radius 3 is 3.05 bits per heavy atom. The molecule has 0 unspecified atom stereocenters. The average molecular weight is 262 g/mol. The van der Waals surface area contributed by atoms with E-state index in [1.54, 1.807) is 12.1 Å². The molecule has 1 heterocycles. The van der Waals surface area contributed by atoms with Crippen LogP contribution >= 0.6 is 0 Å². The highest BCUT2D eigenvalue weighted by molar-refractivity contribution is 5.74. The number of phenolic OH excluding ortho intramolecular Hbond substituents is 1. The molecule has 4 heteroatoms. The number of aromatic hydroxyl groups is 1. The van der Waals surface area contributed by atoms with Gasteiger partial charge in [-0.25, -0.2) is 4.79 Å². The van der Waals surface area contributed by atoms with Crippen LogP contribution in [0, 0.1) is 0 Å². The van der Waals surface area contributed by atoms with Gasteiger partial charge in [-0.2, -0.15) is 0 Å². The monoisotopic (exact) mass is 262 g/mol. The van der Waals surface area contributed by atoms with Crippen molar-refractivity contribution in [3.63, 3.8) is 0 Å². The highest BCUT2D eigenvalue weighted by Crippen LogP contribution is 2.16. The van der Waals surface area contributed by atoms with E-state index >= 15 is 0 Å². The van der Waals surface area contributed by atoms with Gasteiger partial charge in [0.1, 0.15) is 5.75 Å². The zero-order chi connectivity index (χ0) is 13.7. The van der Waals surface area contributed by atoms with Gasteiger partial charge in [-0.05, 0) is 50.3 Å². The van der Waals surface area contributed by atoms with Gasteiger partial charge in [0.15, 0.2) is 0 Å². The smallest absolute Gasteiger partial charge is 0.317 e. The Hall–Kier alpha value is -1.71. The summed E-state index contributed by atoms with van der Waals surface area (Å²) in [4.78, 5) is 14.0. The maximum Gasteiger partial charge on any atom is 0.317 e. The minimum atomic E-state index is 0.0346. The Morgan fingerprint density at radius 2 is 2.32 bits per heavy atom. The lowest BCUT2D eigenvalue weighted by atomic mass is 10.0. The largest absolute Gasteiger partial charge is 0.508 e. The summed E-state index contributed by atoms with van der Waals surface area (Å²) in [5, 5.41) is 12.3. The molecule has 1 aliphatic rings. The lowest BCUT2D eigenvalue weighted by Crippen LogP contribution is -2.47. The maximum absolute atomic E-state index is 12.0. The fraction of sp³-hybridized carbons (Fsp3) is 0.533. The number of nitrogens with one attached hydrogen (secondary N) is 1. The number of amides is 2. The molecular weight excluding hydrogens is 240 g/mol. The van der Waals surface area contributed by atoms with Gasteiger partial charge in [0, 0.05) is 19.1 Å². The van der Waals surface area contributed by atoms with Gasteiger partial charge in [0.05, 0.1) is 0 Å². The third-order valence-electron chi connectivity index (χ3n) is 3.66. The summed E-state index contributed by atoms with van der Waals surface area (Å²) in [5.41, 5.74) is 1.03. The maximum atomic E-state index is 12.0. The normalized spacial score (nSPS) is 19.2. The van der Waals surface area contributed by atoms with Crippen molar-refractivity contribution in [2.75, 3.05) is 13.1 Å². The topological polar surface area (TPSA) is 52.6 Å².